The molecular weight excluding hydrogens is 262 g/mol. The largest absolute Gasteiger partial charge is 0.394 e. The van der Waals surface area contributed by atoms with Gasteiger partial charge in [0.1, 0.15) is 0 Å². The summed E-state index contributed by atoms with van der Waals surface area (Å²) in [6, 6.07) is 0.293. The molecule has 1 heterocycles. The molecule has 0 aromatic rings. The van der Waals surface area contributed by atoms with Gasteiger partial charge in [0, 0.05) is 45.2 Å². The van der Waals surface area contributed by atoms with Gasteiger partial charge in [-0.25, -0.2) is 0 Å². The maximum Gasteiger partial charge on any atom is 0.230 e. The molecule has 0 aromatic carbocycles. The maximum absolute atomic E-state index is 11.3. The number of piperidine rings is 1. The molecule has 1 fully saturated rings. The van der Waals surface area contributed by atoms with Crippen LogP contribution in [0.1, 0.15) is 51.4 Å². The van der Waals surface area contributed by atoms with Crippen molar-refractivity contribution in [3.63, 3.8) is 0 Å². The van der Waals surface area contributed by atoms with E-state index in [0.717, 1.165) is 25.7 Å². The first kappa shape index (κ1) is 15.6. The second kappa shape index (κ2) is 8.75. The molecule has 1 saturated heterocycles. The second-order valence-electron chi connectivity index (χ2n) is 4.05. The molecule has 2 nitrogen and oxygen atoms in total. The van der Waals surface area contributed by atoms with Crippen LogP contribution in [0.25, 0.3) is 0 Å². The molecule has 0 N–H and O–H groups in total. The predicted molar refractivity (Wildman–Crippen MR) is 58.7 cm³/mol. The first-order chi connectivity index (χ1) is 6.75. The standard InChI is InChI=1S/C11H19BNO.Y/c1-2-3-4-5-7-10-8-6-9-11(14)13(10)12;/h10H,1-9H2;/q-1;. The Morgan fingerprint density at radius 1 is 1.40 bits per heavy atom. The van der Waals surface area contributed by atoms with Gasteiger partial charge >= 0.3 is 0 Å². The molecule has 0 spiro atoms. The normalized spacial score (nSPS) is 21.3. The maximum atomic E-state index is 11.3. The average Bonchev–Trinajstić information content (AvgIpc) is 2.19. The third kappa shape index (κ3) is 5.49. The van der Waals surface area contributed by atoms with Gasteiger partial charge in [0.25, 0.3) is 0 Å². The Kier molecular flexibility index (Phi) is 9.13. The zero-order chi connectivity index (χ0) is 10.4. The quantitative estimate of drug-likeness (QED) is 0.430. The molecule has 0 aromatic heterocycles. The van der Waals surface area contributed by atoms with Gasteiger partial charge in [0.2, 0.25) is 13.9 Å². The van der Waals surface area contributed by atoms with Crippen LogP contribution in [0.4, 0.5) is 0 Å². The Labute approximate surface area is 120 Å². The van der Waals surface area contributed by atoms with Gasteiger partial charge in [-0.1, -0.05) is 19.3 Å². The average molecular weight is 281 g/mol. The Hall–Kier alpha value is 0.639. The van der Waals surface area contributed by atoms with Gasteiger partial charge in [-0.3, -0.25) is 4.79 Å². The van der Waals surface area contributed by atoms with E-state index in [9.17, 15) is 4.79 Å². The SMILES string of the molecule is [B]N1C(=O)CCCC1CCCCC[CH2-].[Y]. The molecule has 0 saturated carbocycles. The molecule has 0 aliphatic carbocycles. The molecule has 1 amide bonds. The van der Waals surface area contributed by atoms with E-state index >= 15 is 0 Å². The fourth-order valence-corrected chi connectivity index (χ4v) is 1.98. The number of rotatable bonds is 5. The summed E-state index contributed by atoms with van der Waals surface area (Å²) in [6.45, 7) is 3.81. The molecule has 1 unspecified atom stereocenters. The fraction of sp³-hybridized carbons (Fsp3) is 0.818. The minimum absolute atomic E-state index is 0. The number of hydrogen-bond donors (Lipinski definition) is 0. The van der Waals surface area contributed by atoms with Crippen LogP contribution in [-0.2, 0) is 37.5 Å². The number of carbonyl (C=O) groups excluding carboxylic acids is 1. The summed E-state index contributed by atoms with van der Waals surface area (Å²) < 4.78 is 0. The van der Waals surface area contributed by atoms with Crippen molar-refractivity contribution in [2.24, 2.45) is 0 Å². The number of amides is 1. The Morgan fingerprint density at radius 2 is 2.13 bits per heavy atom. The van der Waals surface area contributed by atoms with Crippen LogP contribution in [0.3, 0.4) is 0 Å². The minimum atomic E-state index is 0. The third-order valence-electron chi connectivity index (χ3n) is 2.90. The van der Waals surface area contributed by atoms with E-state index in [1.54, 1.807) is 0 Å². The van der Waals surface area contributed by atoms with Crippen LogP contribution in [0, 0.1) is 6.92 Å². The first-order valence-corrected chi connectivity index (χ1v) is 5.61. The number of nitrogens with zero attached hydrogens (tertiary/aromatic N) is 1. The van der Waals surface area contributed by atoms with Crippen LogP contribution in [0.5, 0.6) is 0 Å². The van der Waals surface area contributed by atoms with E-state index in [2.05, 4.69) is 6.92 Å². The summed E-state index contributed by atoms with van der Waals surface area (Å²) in [7, 11) is 5.71. The number of unbranched alkanes of at least 4 members (excludes halogenated alkanes) is 3. The van der Waals surface area contributed by atoms with Gasteiger partial charge in [-0.15, -0.1) is 0 Å². The van der Waals surface area contributed by atoms with Gasteiger partial charge < -0.3 is 11.7 Å². The smallest absolute Gasteiger partial charge is 0.230 e. The van der Waals surface area contributed by atoms with Crippen LogP contribution in [0.15, 0.2) is 0 Å². The Balaban J connectivity index is 0.00000196. The summed E-state index contributed by atoms with van der Waals surface area (Å²) in [6.07, 6.45) is 8.34. The summed E-state index contributed by atoms with van der Waals surface area (Å²) >= 11 is 0. The molecule has 1 aliphatic heterocycles. The van der Waals surface area contributed by atoms with Crippen LogP contribution >= 0.6 is 0 Å². The van der Waals surface area contributed by atoms with Crippen LogP contribution in [0.2, 0.25) is 0 Å². The van der Waals surface area contributed by atoms with E-state index in [4.69, 9.17) is 7.98 Å². The topological polar surface area (TPSA) is 20.3 Å². The van der Waals surface area contributed by atoms with E-state index in [1.165, 1.54) is 24.1 Å². The van der Waals surface area contributed by atoms with Crippen molar-refractivity contribution in [1.82, 2.24) is 4.81 Å². The molecule has 81 valence electrons. The summed E-state index contributed by atoms with van der Waals surface area (Å²) in [5.74, 6) is 0.110. The predicted octanol–water partition coefficient (Wildman–Crippen LogP) is 2.23. The van der Waals surface area contributed by atoms with Crippen LogP contribution < -0.4 is 0 Å². The molecule has 0 bridgehead atoms. The number of hydrogen-bond acceptors (Lipinski definition) is 1. The minimum Gasteiger partial charge on any atom is -0.394 e. The molecule has 1 rings (SSSR count). The third-order valence-corrected chi connectivity index (χ3v) is 2.90. The zero-order valence-corrected chi connectivity index (χ0v) is 12.3. The molecule has 1 aliphatic rings. The van der Waals surface area contributed by atoms with Gasteiger partial charge in [-0.05, 0) is 19.3 Å². The second-order valence-corrected chi connectivity index (χ2v) is 4.05. The van der Waals surface area contributed by atoms with Gasteiger partial charge in [0.05, 0.1) is 0 Å². The first-order valence-electron chi connectivity index (χ1n) is 5.61. The zero-order valence-electron chi connectivity index (χ0n) is 9.45. The van der Waals surface area contributed by atoms with E-state index in [-0.39, 0.29) is 38.6 Å². The van der Waals surface area contributed by atoms with E-state index < -0.39 is 0 Å². The van der Waals surface area contributed by atoms with Crippen molar-refractivity contribution in [2.75, 3.05) is 0 Å². The van der Waals surface area contributed by atoms with E-state index in [0.29, 0.717) is 12.5 Å². The van der Waals surface area contributed by atoms with Gasteiger partial charge in [0.15, 0.2) is 0 Å². The van der Waals surface area contributed by atoms with Crippen molar-refractivity contribution in [2.45, 2.75) is 57.4 Å². The van der Waals surface area contributed by atoms with Crippen molar-refractivity contribution < 1.29 is 37.5 Å². The van der Waals surface area contributed by atoms with Crippen molar-refractivity contribution in [3.05, 3.63) is 6.92 Å². The summed E-state index contributed by atoms with van der Waals surface area (Å²) in [4.78, 5) is 12.7. The summed E-state index contributed by atoms with van der Waals surface area (Å²) in [5.41, 5.74) is 0. The fourth-order valence-electron chi connectivity index (χ4n) is 1.98. The van der Waals surface area contributed by atoms with Crippen molar-refractivity contribution >= 4 is 13.9 Å². The summed E-state index contributed by atoms with van der Waals surface area (Å²) in [5, 5.41) is 0. The monoisotopic (exact) mass is 281 g/mol. The Bertz CT molecular complexity index is 189. The van der Waals surface area contributed by atoms with Crippen molar-refractivity contribution in [1.29, 1.82) is 0 Å². The Morgan fingerprint density at radius 3 is 2.80 bits per heavy atom. The van der Waals surface area contributed by atoms with E-state index in [1.807, 2.05) is 0 Å². The molecular formula is C11H19BNOY-. The van der Waals surface area contributed by atoms with Crippen molar-refractivity contribution in [3.8, 4) is 0 Å². The number of carbonyl (C=O) groups is 1. The van der Waals surface area contributed by atoms with Gasteiger partial charge in [-0.2, -0.15) is 6.42 Å². The molecule has 1 atom stereocenters. The molecule has 3 radical (unpaired) electrons. The van der Waals surface area contributed by atoms with Crippen LogP contribution in [-0.4, -0.2) is 24.7 Å². The molecule has 15 heavy (non-hydrogen) atoms. The molecule has 4 heteroatoms.